The summed E-state index contributed by atoms with van der Waals surface area (Å²) in [5.41, 5.74) is 7.77. The second-order valence-electron chi connectivity index (χ2n) is 10.5. The van der Waals surface area contributed by atoms with Crippen molar-refractivity contribution in [2.45, 2.75) is 33.9 Å². The number of aromatic nitrogens is 6. The first-order chi connectivity index (χ1) is 22.3. The highest BCUT2D eigenvalue weighted by Crippen LogP contribution is 2.37. The topological polar surface area (TPSA) is 107 Å². The molecule has 0 spiro atoms. The Morgan fingerprint density at radius 3 is 1.70 bits per heavy atom. The standard InChI is InChI=1S/C17H14ClF3N4.C16H14Cl2N4/c1-9-8-23-10(2)15(9)14-5-6-22-16(25-14)24-11-3-4-13(18)12(7-11)17(19,20)21;1-9-8-20-10(2)15(9)14-5-6-19-16(22-14)21-13-4-3-11(17)7-12(13)18/h3-8,23H,1-2H3,(H,22,24,25);3-8,20H,1-2H3,(H,19,21,22). The molecule has 0 saturated heterocycles. The summed E-state index contributed by atoms with van der Waals surface area (Å²) >= 11 is 17.7. The molecular formula is C33H28Cl3F3N8. The number of alkyl halides is 3. The van der Waals surface area contributed by atoms with E-state index in [1.807, 2.05) is 46.2 Å². The molecule has 0 fully saturated rings. The molecule has 0 amide bonds. The van der Waals surface area contributed by atoms with Crippen molar-refractivity contribution in [2.24, 2.45) is 0 Å². The van der Waals surface area contributed by atoms with E-state index in [0.29, 0.717) is 27.4 Å². The van der Waals surface area contributed by atoms with Crippen LogP contribution in [0.4, 0.5) is 36.4 Å². The van der Waals surface area contributed by atoms with E-state index in [-0.39, 0.29) is 16.7 Å². The maximum absolute atomic E-state index is 13.0. The summed E-state index contributed by atoms with van der Waals surface area (Å²) in [6.07, 6.45) is 2.58. The summed E-state index contributed by atoms with van der Waals surface area (Å²) in [6, 6.07) is 12.4. The molecule has 0 aliphatic heterocycles. The quantitative estimate of drug-likeness (QED) is 0.138. The minimum Gasteiger partial charge on any atom is -0.364 e. The van der Waals surface area contributed by atoms with Gasteiger partial charge in [-0.3, -0.25) is 0 Å². The molecule has 14 heteroatoms. The molecule has 6 aromatic rings. The first-order valence-electron chi connectivity index (χ1n) is 14.1. The number of aromatic amines is 2. The first kappa shape index (κ1) is 33.8. The number of H-pyrrole nitrogens is 2. The SMILES string of the molecule is Cc1c[nH]c(C)c1-c1ccnc(Nc2ccc(Cl)c(C(F)(F)F)c2)n1.Cc1c[nH]c(C)c1-c1ccnc(Nc2ccc(Cl)cc2Cl)n1. The van der Waals surface area contributed by atoms with Crippen molar-refractivity contribution in [2.75, 3.05) is 10.6 Å². The molecule has 0 radical (unpaired) electrons. The van der Waals surface area contributed by atoms with Crippen molar-refractivity contribution < 1.29 is 13.2 Å². The van der Waals surface area contributed by atoms with Crippen molar-refractivity contribution in [3.63, 3.8) is 0 Å². The zero-order chi connectivity index (χ0) is 33.9. The van der Waals surface area contributed by atoms with E-state index >= 15 is 0 Å². The molecule has 0 aliphatic carbocycles. The zero-order valence-corrected chi connectivity index (χ0v) is 27.8. The maximum atomic E-state index is 13.0. The van der Waals surface area contributed by atoms with Crippen LogP contribution in [-0.4, -0.2) is 29.9 Å². The van der Waals surface area contributed by atoms with Crippen LogP contribution in [0.2, 0.25) is 15.1 Å². The maximum Gasteiger partial charge on any atom is 0.417 e. The Morgan fingerprint density at radius 1 is 0.660 bits per heavy atom. The molecule has 4 aromatic heterocycles. The molecule has 6 rings (SSSR count). The van der Waals surface area contributed by atoms with Crippen molar-refractivity contribution in [1.29, 1.82) is 0 Å². The van der Waals surface area contributed by atoms with Gasteiger partial charge in [-0.1, -0.05) is 34.8 Å². The van der Waals surface area contributed by atoms with Gasteiger partial charge < -0.3 is 20.6 Å². The Balaban J connectivity index is 0.000000186. The van der Waals surface area contributed by atoms with Gasteiger partial charge in [-0.15, -0.1) is 0 Å². The Labute approximate surface area is 283 Å². The number of benzene rings is 2. The molecule has 47 heavy (non-hydrogen) atoms. The van der Waals surface area contributed by atoms with Crippen LogP contribution in [0, 0.1) is 27.7 Å². The Kier molecular flexibility index (Phi) is 10.1. The number of hydrogen-bond acceptors (Lipinski definition) is 6. The number of nitrogens with zero attached hydrogens (tertiary/aromatic N) is 4. The third-order valence-electron chi connectivity index (χ3n) is 7.08. The van der Waals surface area contributed by atoms with Crippen molar-refractivity contribution in [3.8, 4) is 22.5 Å². The number of hydrogen-bond donors (Lipinski definition) is 4. The highest BCUT2D eigenvalue weighted by Gasteiger charge is 2.33. The van der Waals surface area contributed by atoms with Crippen LogP contribution in [0.3, 0.4) is 0 Å². The summed E-state index contributed by atoms with van der Waals surface area (Å²) in [5.74, 6) is 0.690. The first-order valence-corrected chi connectivity index (χ1v) is 15.3. The highest BCUT2D eigenvalue weighted by atomic mass is 35.5. The van der Waals surface area contributed by atoms with Gasteiger partial charge in [-0.05, 0) is 87.4 Å². The van der Waals surface area contributed by atoms with Crippen molar-refractivity contribution in [3.05, 3.63) is 116 Å². The largest absolute Gasteiger partial charge is 0.417 e. The van der Waals surface area contributed by atoms with Gasteiger partial charge >= 0.3 is 6.18 Å². The average Bonchev–Trinajstić information content (AvgIpc) is 3.54. The van der Waals surface area contributed by atoms with E-state index in [1.54, 1.807) is 36.7 Å². The van der Waals surface area contributed by atoms with Crippen LogP contribution >= 0.6 is 34.8 Å². The lowest BCUT2D eigenvalue weighted by Gasteiger charge is -2.12. The van der Waals surface area contributed by atoms with Crippen LogP contribution in [0.25, 0.3) is 22.5 Å². The number of nitrogens with one attached hydrogen (secondary N) is 4. The normalized spacial score (nSPS) is 11.2. The van der Waals surface area contributed by atoms with Crippen molar-refractivity contribution >= 4 is 58.1 Å². The van der Waals surface area contributed by atoms with Gasteiger partial charge in [0.25, 0.3) is 0 Å². The predicted octanol–water partition coefficient (Wildman–Crippen LogP) is 10.6. The van der Waals surface area contributed by atoms with Gasteiger partial charge in [0, 0.05) is 58.0 Å². The summed E-state index contributed by atoms with van der Waals surface area (Å²) in [4.78, 5) is 23.6. The molecule has 242 valence electrons. The number of anilines is 4. The third kappa shape index (κ3) is 8.05. The van der Waals surface area contributed by atoms with Gasteiger partial charge in [-0.2, -0.15) is 13.2 Å². The molecule has 4 N–H and O–H groups in total. The van der Waals surface area contributed by atoms with E-state index in [2.05, 4.69) is 40.5 Å². The fourth-order valence-electron chi connectivity index (χ4n) is 4.88. The van der Waals surface area contributed by atoms with Crippen LogP contribution in [-0.2, 0) is 6.18 Å². The second kappa shape index (κ2) is 14.0. The lowest BCUT2D eigenvalue weighted by molar-refractivity contribution is -0.137. The van der Waals surface area contributed by atoms with Crippen LogP contribution < -0.4 is 10.6 Å². The summed E-state index contributed by atoms with van der Waals surface area (Å²) in [5, 5.41) is 6.67. The minimum absolute atomic E-state index is 0.202. The fourth-order valence-corrected chi connectivity index (χ4v) is 5.56. The second-order valence-corrected chi connectivity index (χ2v) is 11.8. The van der Waals surface area contributed by atoms with E-state index in [9.17, 15) is 13.2 Å². The minimum atomic E-state index is -4.53. The monoisotopic (exact) mass is 698 g/mol. The van der Waals surface area contributed by atoms with Crippen LogP contribution in [0.15, 0.2) is 73.3 Å². The van der Waals surface area contributed by atoms with Crippen LogP contribution in [0.1, 0.15) is 28.1 Å². The summed E-state index contributed by atoms with van der Waals surface area (Å²) < 4.78 is 38.9. The highest BCUT2D eigenvalue weighted by molar-refractivity contribution is 6.36. The molecule has 0 atom stereocenters. The number of halogens is 6. The summed E-state index contributed by atoms with van der Waals surface area (Å²) in [6.45, 7) is 7.94. The lowest BCUT2D eigenvalue weighted by Crippen LogP contribution is -2.07. The predicted molar refractivity (Wildman–Crippen MR) is 182 cm³/mol. The van der Waals surface area contributed by atoms with E-state index in [1.165, 1.54) is 12.1 Å². The molecular weight excluding hydrogens is 672 g/mol. The molecule has 0 bridgehead atoms. The molecule has 2 aromatic carbocycles. The lowest BCUT2D eigenvalue weighted by atomic mass is 10.1. The van der Waals surface area contributed by atoms with E-state index in [0.717, 1.165) is 45.4 Å². The molecule has 0 saturated carbocycles. The Bertz CT molecular complexity index is 2000. The molecule has 0 unspecified atom stereocenters. The third-order valence-corrected chi connectivity index (χ3v) is 7.96. The number of rotatable bonds is 6. The molecule has 8 nitrogen and oxygen atoms in total. The van der Waals surface area contributed by atoms with Gasteiger partial charge in [0.05, 0.1) is 32.7 Å². The molecule has 0 aliphatic rings. The Hall–Kier alpha value is -4.58. The van der Waals surface area contributed by atoms with Gasteiger partial charge in [0.2, 0.25) is 11.9 Å². The van der Waals surface area contributed by atoms with Gasteiger partial charge in [-0.25, -0.2) is 19.9 Å². The average molecular weight is 700 g/mol. The van der Waals surface area contributed by atoms with Gasteiger partial charge in [0.15, 0.2) is 0 Å². The fraction of sp³-hybridized carbons (Fsp3) is 0.152. The molecule has 4 heterocycles. The summed E-state index contributed by atoms with van der Waals surface area (Å²) in [7, 11) is 0. The Morgan fingerprint density at radius 2 is 1.21 bits per heavy atom. The van der Waals surface area contributed by atoms with Crippen LogP contribution in [0.5, 0.6) is 0 Å². The zero-order valence-electron chi connectivity index (χ0n) is 25.5. The number of aryl methyl sites for hydroxylation is 4. The van der Waals surface area contributed by atoms with Crippen molar-refractivity contribution in [1.82, 2.24) is 29.9 Å². The van der Waals surface area contributed by atoms with E-state index < -0.39 is 11.7 Å². The van der Waals surface area contributed by atoms with Gasteiger partial charge in [0.1, 0.15) is 0 Å². The van der Waals surface area contributed by atoms with E-state index in [4.69, 9.17) is 34.8 Å². The smallest absolute Gasteiger partial charge is 0.364 e.